The second kappa shape index (κ2) is 10.1. The normalized spacial score (nSPS) is 11.5. The van der Waals surface area contributed by atoms with Gasteiger partial charge in [-0.2, -0.15) is 8.78 Å². The van der Waals surface area contributed by atoms with Crippen LogP contribution in [-0.4, -0.2) is 5.11 Å². The summed E-state index contributed by atoms with van der Waals surface area (Å²) in [6.07, 6.45) is -0.0616. The molecule has 0 spiro atoms. The molecular formula is C27H30F2O2. The summed E-state index contributed by atoms with van der Waals surface area (Å²) in [6, 6.07) is 17.4. The number of hydrogen-bond acceptors (Lipinski definition) is 2. The van der Waals surface area contributed by atoms with Crippen molar-refractivity contribution in [2.45, 2.75) is 59.2 Å². The maximum absolute atomic E-state index is 14.8. The molecule has 2 nitrogen and oxygen atoms in total. The number of benzene rings is 3. The average Bonchev–Trinajstić information content (AvgIpc) is 2.79. The summed E-state index contributed by atoms with van der Waals surface area (Å²) in [6.45, 7) is 6.12. The smallest absolute Gasteiger partial charge is 0.426 e. The van der Waals surface area contributed by atoms with Crippen LogP contribution in [0.3, 0.4) is 0 Å². The molecule has 1 N–H and O–H groups in total. The summed E-state index contributed by atoms with van der Waals surface area (Å²) in [5.74, 6) is 0.147. The van der Waals surface area contributed by atoms with Crippen molar-refractivity contribution in [2.24, 2.45) is 0 Å². The van der Waals surface area contributed by atoms with Crippen molar-refractivity contribution in [2.75, 3.05) is 0 Å². The molecule has 0 aliphatic heterocycles. The van der Waals surface area contributed by atoms with Gasteiger partial charge in [0.2, 0.25) is 0 Å². The van der Waals surface area contributed by atoms with Gasteiger partial charge in [-0.1, -0.05) is 63.6 Å². The first-order chi connectivity index (χ1) is 14.9. The summed E-state index contributed by atoms with van der Waals surface area (Å²) in [4.78, 5) is 0. The van der Waals surface area contributed by atoms with E-state index in [1.165, 1.54) is 12.1 Å². The first-order valence-corrected chi connectivity index (χ1v) is 10.9. The topological polar surface area (TPSA) is 29.5 Å². The summed E-state index contributed by atoms with van der Waals surface area (Å²) in [5.41, 5.74) is 5.87. The first-order valence-electron chi connectivity index (χ1n) is 10.9. The van der Waals surface area contributed by atoms with Crippen LogP contribution in [0.25, 0.3) is 11.1 Å². The summed E-state index contributed by atoms with van der Waals surface area (Å²) in [5, 5.41) is 9.41. The highest BCUT2D eigenvalue weighted by Crippen LogP contribution is 2.36. The number of hydrogen-bond donors (Lipinski definition) is 1. The van der Waals surface area contributed by atoms with Crippen LogP contribution in [-0.2, 0) is 32.0 Å². The minimum Gasteiger partial charge on any atom is -0.429 e. The monoisotopic (exact) mass is 424 g/mol. The maximum Gasteiger partial charge on any atom is 0.426 e. The Bertz CT molecular complexity index is 1010. The predicted molar refractivity (Wildman–Crippen MR) is 122 cm³/mol. The lowest BCUT2D eigenvalue weighted by Crippen LogP contribution is -2.22. The fraction of sp³-hybridized carbons (Fsp3) is 0.333. The van der Waals surface area contributed by atoms with Crippen molar-refractivity contribution in [3.63, 3.8) is 0 Å². The number of rotatable bonds is 9. The van der Waals surface area contributed by atoms with E-state index in [-0.39, 0.29) is 17.9 Å². The lowest BCUT2D eigenvalue weighted by Gasteiger charge is -2.20. The molecule has 0 heterocycles. The van der Waals surface area contributed by atoms with Gasteiger partial charge in [0, 0.05) is 0 Å². The second-order valence-corrected chi connectivity index (χ2v) is 7.74. The molecule has 0 amide bonds. The van der Waals surface area contributed by atoms with E-state index in [9.17, 15) is 13.9 Å². The van der Waals surface area contributed by atoms with Crippen LogP contribution in [0.15, 0.2) is 60.7 Å². The van der Waals surface area contributed by atoms with E-state index in [0.717, 1.165) is 52.6 Å². The number of aliphatic hydroxyl groups excluding tert-OH is 1. The van der Waals surface area contributed by atoms with Gasteiger partial charge in [0.05, 0.1) is 12.2 Å². The molecule has 0 aromatic heterocycles. The molecule has 3 aromatic carbocycles. The van der Waals surface area contributed by atoms with Gasteiger partial charge in [0.15, 0.2) is 0 Å². The molecule has 0 aliphatic carbocycles. The van der Waals surface area contributed by atoms with E-state index in [4.69, 9.17) is 4.74 Å². The van der Waals surface area contributed by atoms with Crippen molar-refractivity contribution in [3.8, 4) is 16.9 Å². The fourth-order valence-electron chi connectivity index (χ4n) is 3.85. The molecule has 0 fully saturated rings. The quantitative estimate of drug-likeness (QED) is 0.399. The standard InChI is InChI=1S/C27H30F2O2/c1-4-7-19-8-11-23(12-9-19)27(28,29)31-24-13-15-26(22(6-3)17-24)25-14-10-20(18-30)16-21(25)5-2/h8-17,30H,4-7,18H2,1-3H3. The van der Waals surface area contributed by atoms with Gasteiger partial charge in [-0.05, 0) is 76.9 Å². The highest BCUT2D eigenvalue weighted by molar-refractivity contribution is 5.72. The number of ether oxygens (including phenoxy) is 1. The highest BCUT2D eigenvalue weighted by atomic mass is 19.3. The average molecular weight is 425 g/mol. The van der Waals surface area contributed by atoms with E-state index in [1.807, 2.05) is 31.2 Å². The Labute approximate surface area is 183 Å². The van der Waals surface area contributed by atoms with Crippen molar-refractivity contribution in [1.82, 2.24) is 0 Å². The lowest BCUT2D eigenvalue weighted by molar-refractivity contribution is -0.185. The van der Waals surface area contributed by atoms with Gasteiger partial charge in [0.25, 0.3) is 0 Å². The molecule has 0 saturated carbocycles. The SMILES string of the molecule is CCCc1ccc(C(F)(F)Oc2ccc(-c3ccc(CO)cc3CC)c(CC)c2)cc1. The molecule has 0 unspecified atom stereocenters. The number of aryl methyl sites for hydroxylation is 3. The molecule has 3 aromatic rings. The Morgan fingerprint density at radius 3 is 1.94 bits per heavy atom. The van der Waals surface area contributed by atoms with Crippen molar-refractivity contribution < 1.29 is 18.6 Å². The van der Waals surface area contributed by atoms with Crippen LogP contribution >= 0.6 is 0 Å². The van der Waals surface area contributed by atoms with Gasteiger partial charge in [-0.25, -0.2) is 0 Å². The van der Waals surface area contributed by atoms with Crippen LogP contribution in [0.4, 0.5) is 8.78 Å². The molecule has 0 radical (unpaired) electrons. The Hall–Kier alpha value is -2.72. The first kappa shape index (κ1) is 23.0. The van der Waals surface area contributed by atoms with E-state index in [1.54, 1.807) is 24.3 Å². The Balaban J connectivity index is 1.89. The van der Waals surface area contributed by atoms with Crippen LogP contribution in [0.2, 0.25) is 0 Å². The zero-order valence-electron chi connectivity index (χ0n) is 18.4. The molecule has 3 rings (SSSR count). The lowest BCUT2D eigenvalue weighted by atomic mass is 9.92. The van der Waals surface area contributed by atoms with Gasteiger partial charge >= 0.3 is 6.11 Å². The zero-order chi connectivity index (χ0) is 22.4. The predicted octanol–water partition coefficient (Wildman–Crippen LogP) is 7.05. The van der Waals surface area contributed by atoms with E-state index >= 15 is 0 Å². The molecule has 0 atom stereocenters. The largest absolute Gasteiger partial charge is 0.429 e. The number of alkyl halides is 2. The summed E-state index contributed by atoms with van der Waals surface area (Å²) < 4.78 is 34.7. The van der Waals surface area contributed by atoms with E-state index < -0.39 is 6.11 Å². The molecule has 4 heteroatoms. The molecule has 0 aliphatic rings. The number of aliphatic hydroxyl groups is 1. The third-order valence-electron chi connectivity index (χ3n) is 5.56. The van der Waals surface area contributed by atoms with Gasteiger partial charge in [-0.15, -0.1) is 0 Å². The van der Waals surface area contributed by atoms with Gasteiger partial charge < -0.3 is 9.84 Å². The van der Waals surface area contributed by atoms with Crippen LogP contribution in [0.1, 0.15) is 55.0 Å². The van der Waals surface area contributed by atoms with Crippen LogP contribution < -0.4 is 4.74 Å². The molecular weight excluding hydrogens is 394 g/mol. The van der Waals surface area contributed by atoms with E-state index in [0.29, 0.717) is 6.42 Å². The molecule has 0 saturated heterocycles. The van der Waals surface area contributed by atoms with Crippen LogP contribution in [0, 0.1) is 0 Å². The summed E-state index contributed by atoms with van der Waals surface area (Å²) in [7, 11) is 0. The third kappa shape index (κ3) is 5.31. The second-order valence-electron chi connectivity index (χ2n) is 7.74. The minimum absolute atomic E-state index is 0.00476. The Morgan fingerprint density at radius 1 is 0.774 bits per heavy atom. The molecule has 31 heavy (non-hydrogen) atoms. The Morgan fingerprint density at radius 2 is 1.35 bits per heavy atom. The van der Waals surface area contributed by atoms with Crippen molar-refractivity contribution in [1.29, 1.82) is 0 Å². The molecule has 0 bridgehead atoms. The third-order valence-corrected chi connectivity index (χ3v) is 5.56. The minimum atomic E-state index is -3.41. The number of halogens is 2. The van der Waals surface area contributed by atoms with Crippen LogP contribution in [0.5, 0.6) is 5.75 Å². The summed E-state index contributed by atoms with van der Waals surface area (Å²) >= 11 is 0. The van der Waals surface area contributed by atoms with Gasteiger partial charge in [0.1, 0.15) is 5.75 Å². The fourth-order valence-corrected chi connectivity index (χ4v) is 3.85. The molecule has 164 valence electrons. The van der Waals surface area contributed by atoms with Crippen molar-refractivity contribution in [3.05, 3.63) is 88.5 Å². The Kier molecular flexibility index (Phi) is 7.45. The zero-order valence-corrected chi connectivity index (χ0v) is 18.4. The highest BCUT2D eigenvalue weighted by Gasteiger charge is 2.34. The van der Waals surface area contributed by atoms with E-state index in [2.05, 4.69) is 13.8 Å². The maximum atomic E-state index is 14.8. The van der Waals surface area contributed by atoms with Gasteiger partial charge in [-0.3, -0.25) is 0 Å². The van der Waals surface area contributed by atoms with Crippen molar-refractivity contribution >= 4 is 0 Å².